The number of nitrogens with zero attached hydrogens (tertiary/aromatic N) is 2. The van der Waals surface area contributed by atoms with Gasteiger partial charge in [0, 0.05) is 24.9 Å². The molecule has 214 valence electrons. The molecular weight excluding hydrogens is 543 g/mol. The molecule has 3 rings (SSSR count). The third kappa shape index (κ3) is 7.19. The summed E-state index contributed by atoms with van der Waals surface area (Å²) >= 11 is 0. The fourth-order valence-electron chi connectivity index (χ4n) is 3.75. The van der Waals surface area contributed by atoms with Gasteiger partial charge in [-0.2, -0.15) is 13.2 Å². The van der Waals surface area contributed by atoms with Crippen molar-refractivity contribution in [1.29, 1.82) is 0 Å². The highest BCUT2D eigenvalue weighted by Gasteiger charge is 2.47. The van der Waals surface area contributed by atoms with Gasteiger partial charge in [0.05, 0.1) is 52.0 Å². The second-order valence-corrected chi connectivity index (χ2v) is 11.1. The fraction of sp³-hybridized carbons (Fsp3) is 0.440. The van der Waals surface area contributed by atoms with Crippen molar-refractivity contribution in [2.75, 3.05) is 46.9 Å². The molecule has 0 saturated heterocycles. The number of aliphatic imine (C=N–C) groups is 1. The minimum Gasteiger partial charge on any atom is -0.493 e. The molecule has 1 unspecified atom stereocenters. The lowest BCUT2D eigenvalue weighted by atomic mass is 10.1. The molecule has 1 aromatic carbocycles. The number of alkyl halides is 3. The summed E-state index contributed by atoms with van der Waals surface area (Å²) in [6.45, 7) is 1.21. The average molecular weight is 574 g/mol. The Labute approximate surface area is 224 Å². The molecule has 0 radical (unpaired) electrons. The minimum absolute atomic E-state index is 0.0583. The number of halogens is 3. The van der Waals surface area contributed by atoms with Gasteiger partial charge in [0.1, 0.15) is 5.70 Å². The van der Waals surface area contributed by atoms with Crippen LogP contribution in [-0.4, -0.2) is 76.8 Å². The summed E-state index contributed by atoms with van der Waals surface area (Å²) in [7, 11) is 0.111. The number of nitrogens with one attached hydrogen (secondary N) is 1. The van der Waals surface area contributed by atoms with Gasteiger partial charge < -0.3 is 28.8 Å². The Morgan fingerprint density at radius 1 is 1.03 bits per heavy atom. The maximum atomic E-state index is 13.8. The lowest BCUT2D eigenvalue weighted by Crippen LogP contribution is -2.53. The van der Waals surface area contributed by atoms with Crippen LogP contribution < -0.4 is 20.3 Å². The lowest BCUT2D eigenvalue weighted by molar-refractivity contribution is -0.0982. The molecule has 2 aromatic rings. The first-order valence-electron chi connectivity index (χ1n) is 11.7. The summed E-state index contributed by atoms with van der Waals surface area (Å²) in [5.74, 6) is 0.341. The van der Waals surface area contributed by atoms with Gasteiger partial charge >= 0.3 is 6.18 Å². The molecule has 1 aromatic heterocycles. The van der Waals surface area contributed by atoms with Gasteiger partial charge in [-0.05, 0) is 36.8 Å². The van der Waals surface area contributed by atoms with Crippen molar-refractivity contribution < 1.29 is 40.5 Å². The Balaban J connectivity index is 1.99. The summed E-state index contributed by atoms with van der Waals surface area (Å²) in [5, 5.41) is 2.04. The highest BCUT2D eigenvalue weighted by atomic mass is 32.2. The normalized spacial score (nSPS) is 17.7. The molecule has 0 fully saturated rings. The van der Waals surface area contributed by atoms with Crippen molar-refractivity contribution in [3.63, 3.8) is 0 Å². The molecular formula is C25H30F3N3O7S. The molecule has 0 aliphatic carbocycles. The Morgan fingerprint density at radius 2 is 1.74 bits per heavy atom. The van der Waals surface area contributed by atoms with E-state index in [1.165, 1.54) is 44.2 Å². The molecule has 1 aliphatic rings. The zero-order chi connectivity index (χ0) is 28.8. The molecule has 1 N–H and O–H groups in total. The smallest absolute Gasteiger partial charge is 0.431 e. The highest BCUT2D eigenvalue weighted by molar-refractivity contribution is 7.92. The molecule has 1 aliphatic heterocycles. The molecule has 0 saturated carbocycles. The van der Waals surface area contributed by atoms with Crippen molar-refractivity contribution in [3.8, 4) is 11.5 Å². The molecule has 10 nitrogen and oxygen atoms in total. The van der Waals surface area contributed by atoms with Crippen LogP contribution in [0.2, 0.25) is 0 Å². The van der Waals surface area contributed by atoms with Crippen LogP contribution in [0.25, 0.3) is 0 Å². The Kier molecular flexibility index (Phi) is 9.46. The van der Waals surface area contributed by atoms with Crippen LogP contribution in [-0.2, 0) is 25.9 Å². The van der Waals surface area contributed by atoms with Gasteiger partial charge in [-0.1, -0.05) is 6.07 Å². The number of allylic oxidation sites excluding steroid dienone is 2. The van der Waals surface area contributed by atoms with Crippen LogP contribution in [0, 0.1) is 0 Å². The van der Waals surface area contributed by atoms with E-state index in [-0.39, 0.29) is 37.6 Å². The molecule has 2 heterocycles. The van der Waals surface area contributed by atoms with E-state index in [0.717, 1.165) is 6.92 Å². The van der Waals surface area contributed by atoms with E-state index in [1.807, 2.05) is 5.32 Å². The molecule has 0 bridgehead atoms. The van der Waals surface area contributed by atoms with E-state index in [4.69, 9.17) is 18.9 Å². The number of pyridine rings is 1. The number of methoxy groups -OCH3 is 3. The third-order valence-corrected chi connectivity index (χ3v) is 8.01. The summed E-state index contributed by atoms with van der Waals surface area (Å²) in [4.78, 5) is 14.4. The maximum absolute atomic E-state index is 13.8. The molecule has 14 heteroatoms. The van der Waals surface area contributed by atoms with Gasteiger partial charge in [0.25, 0.3) is 5.56 Å². The standard InChI is InChI=1S/C25H30F3N3O7S/c1-24(39(33,34)12-11-38-10-9-35-2)29-19(14-22(30-24)25(26,27)28)18-6-8-23(32)31(16-18)15-17-5-7-20(36-3)21(13-17)37-4/h5-8,13-14,16,30H,9-12,15H2,1-4H3. The van der Waals surface area contributed by atoms with Gasteiger partial charge in [0.2, 0.25) is 4.99 Å². The number of sulfone groups is 1. The lowest BCUT2D eigenvalue weighted by Gasteiger charge is -2.33. The molecule has 39 heavy (non-hydrogen) atoms. The fourth-order valence-corrected chi connectivity index (χ4v) is 4.99. The van der Waals surface area contributed by atoms with E-state index >= 15 is 0 Å². The SMILES string of the molecule is COCCOCCS(=O)(=O)C1(C)N=C(c2ccc(=O)n(Cc3ccc(OC)c(OC)c3)c2)C=C(C(F)(F)F)N1. The second kappa shape index (κ2) is 12.2. The van der Waals surface area contributed by atoms with E-state index in [9.17, 15) is 26.4 Å². The van der Waals surface area contributed by atoms with E-state index in [0.29, 0.717) is 23.1 Å². The zero-order valence-electron chi connectivity index (χ0n) is 21.9. The number of hydrogen-bond donors (Lipinski definition) is 1. The Hall–Kier alpha value is -3.36. The van der Waals surface area contributed by atoms with Gasteiger partial charge in [0.15, 0.2) is 21.3 Å². The van der Waals surface area contributed by atoms with Crippen LogP contribution in [0.1, 0.15) is 18.1 Å². The molecule has 1 atom stereocenters. The quantitative estimate of drug-likeness (QED) is 0.385. The Morgan fingerprint density at radius 3 is 2.38 bits per heavy atom. The predicted octanol–water partition coefficient (Wildman–Crippen LogP) is 2.50. The number of aromatic nitrogens is 1. The number of rotatable bonds is 12. The number of ether oxygens (including phenoxy) is 4. The van der Waals surface area contributed by atoms with Crippen molar-refractivity contribution in [1.82, 2.24) is 9.88 Å². The molecule has 0 spiro atoms. The summed E-state index contributed by atoms with van der Waals surface area (Å²) in [5.41, 5.74) is -1.18. The maximum Gasteiger partial charge on any atom is 0.431 e. The van der Waals surface area contributed by atoms with Crippen molar-refractivity contribution in [2.24, 2.45) is 4.99 Å². The summed E-state index contributed by atoms with van der Waals surface area (Å²) < 4.78 is 89.5. The van der Waals surface area contributed by atoms with Gasteiger partial charge in [-0.15, -0.1) is 0 Å². The predicted molar refractivity (Wildman–Crippen MR) is 138 cm³/mol. The van der Waals surface area contributed by atoms with E-state index < -0.39 is 38.0 Å². The first-order valence-corrected chi connectivity index (χ1v) is 13.4. The van der Waals surface area contributed by atoms with Crippen LogP contribution in [0.3, 0.4) is 0 Å². The second-order valence-electron chi connectivity index (χ2n) is 8.66. The largest absolute Gasteiger partial charge is 0.493 e. The van der Waals surface area contributed by atoms with Gasteiger partial charge in [-0.3, -0.25) is 4.79 Å². The topological polar surface area (TPSA) is 117 Å². The van der Waals surface area contributed by atoms with Crippen molar-refractivity contribution >= 4 is 15.5 Å². The van der Waals surface area contributed by atoms with Crippen LogP contribution >= 0.6 is 0 Å². The summed E-state index contributed by atoms with van der Waals surface area (Å²) in [6.07, 6.45) is -2.84. The van der Waals surface area contributed by atoms with Crippen LogP contribution in [0.4, 0.5) is 13.2 Å². The monoisotopic (exact) mass is 573 g/mol. The van der Waals surface area contributed by atoms with Crippen LogP contribution in [0.15, 0.2) is 58.1 Å². The first kappa shape index (κ1) is 30.2. The number of benzene rings is 1. The Bertz CT molecular complexity index is 1400. The van der Waals surface area contributed by atoms with Crippen molar-refractivity contribution in [2.45, 2.75) is 24.6 Å². The first-order chi connectivity index (χ1) is 18.3. The average Bonchev–Trinajstić information content (AvgIpc) is 2.88. The molecule has 0 amide bonds. The van der Waals surface area contributed by atoms with Crippen molar-refractivity contribution in [3.05, 3.63) is 69.8 Å². The highest BCUT2D eigenvalue weighted by Crippen LogP contribution is 2.32. The zero-order valence-corrected chi connectivity index (χ0v) is 22.7. The van der Waals surface area contributed by atoms with Gasteiger partial charge in [-0.25, -0.2) is 13.4 Å². The van der Waals surface area contributed by atoms with Crippen LogP contribution in [0.5, 0.6) is 11.5 Å². The third-order valence-electron chi connectivity index (χ3n) is 5.90. The number of hydrogen-bond acceptors (Lipinski definition) is 9. The van der Waals surface area contributed by atoms with E-state index in [1.54, 1.807) is 18.2 Å². The van der Waals surface area contributed by atoms with E-state index in [2.05, 4.69) is 4.99 Å². The summed E-state index contributed by atoms with van der Waals surface area (Å²) in [6, 6.07) is 7.51. The minimum atomic E-state index is -4.89.